The van der Waals surface area contributed by atoms with E-state index in [-0.39, 0.29) is 35.7 Å². The highest BCUT2D eigenvalue weighted by atomic mass is 35.5. The molecule has 2 aromatic carbocycles. The zero-order valence-electron chi connectivity index (χ0n) is 18.9. The second-order valence-corrected chi connectivity index (χ2v) is 8.55. The third-order valence-corrected chi connectivity index (χ3v) is 5.94. The van der Waals surface area contributed by atoms with Crippen LogP contribution in [0.1, 0.15) is 36.9 Å². The number of hydrogen-bond donors (Lipinski definition) is 2. The first-order chi connectivity index (χ1) is 16.2. The largest absolute Gasteiger partial charge is 0.493 e. The number of H-pyrrole nitrogens is 1. The van der Waals surface area contributed by atoms with Gasteiger partial charge < -0.3 is 10.0 Å². The normalized spacial score (nSPS) is 15.4. The number of carbonyl (C=O) groups is 1. The van der Waals surface area contributed by atoms with Crippen LogP contribution < -0.4 is 16.1 Å². The molecular formula is C24H24ClN5O4. The Kier molecular flexibility index (Phi) is 6.30. The number of nitrogens with one attached hydrogen (secondary N) is 1. The van der Waals surface area contributed by atoms with E-state index in [4.69, 9.17) is 11.6 Å². The van der Waals surface area contributed by atoms with Gasteiger partial charge in [0.05, 0.1) is 17.4 Å². The van der Waals surface area contributed by atoms with Crippen molar-refractivity contribution in [3.8, 4) is 11.6 Å². The van der Waals surface area contributed by atoms with Crippen LogP contribution in [0.5, 0.6) is 5.88 Å². The van der Waals surface area contributed by atoms with E-state index in [9.17, 15) is 19.5 Å². The van der Waals surface area contributed by atoms with Crippen LogP contribution in [0.25, 0.3) is 5.69 Å². The van der Waals surface area contributed by atoms with Crippen molar-refractivity contribution in [2.45, 2.75) is 25.8 Å². The van der Waals surface area contributed by atoms with Crippen molar-refractivity contribution in [1.29, 1.82) is 0 Å². The molecule has 0 fully saturated rings. The molecule has 176 valence electrons. The molecule has 0 saturated carbocycles. The van der Waals surface area contributed by atoms with Gasteiger partial charge in [0, 0.05) is 37.6 Å². The smallest absolute Gasteiger partial charge is 0.335 e. The van der Waals surface area contributed by atoms with E-state index in [0.717, 1.165) is 15.8 Å². The Hall–Kier alpha value is -3.85. The molecule has 2 heterocycles. The zero-order valence-corrected chi connectivity index (χ0v) is 19.7. The van der Waals surface area contributed by atoms with Gasteiger partial charge in [0.2, 0.25) is 11.8 Å². The lowest BCUT2D eigenvalue weighted by Gasteiger charge is -2.22. The molecule has 4 rings (SSSR count). The van der Waals surface area contributed by atoms with Crippen LogP contribution in [-0.2, 0) is 4.79 Å². The first kappa shape index (κ1) is 23.3. The number of amides is 1. The fourth-order valence-corrected chi connectivity index (χ4v) is 4.13. The molecule has 34 heavy (non-hydrogen) atoms. The number of aromatic amines is 1. The number of nitrogens with zero attached hydrogens (tertiary/aromatic N) is 4. The molecule has 10 heteroatoms. The number of anilines is 1. The minimum absolute atomic E-state index is 0.166. The highest BCUT2D eigenvalue weighted by Gasteiger charge is 2.35. The van der Waals surface area contributed by atoms with Crippen molar-refractivity contribution >= 4 is 28.9 Å². The Bertz CT molecular complexity index is 1390. The van der Waals surface area contributed by atoms with Crippen LogP contribution in [0, 0.1) is 0 Å². The van der Waals surface area contributed by atoms with Gasteiger partial charge in [-0.2, -0.15) is 5.10 Å². The van der Waals surface area contributed by atoms with Crippen molar-refractivity contribution in [2.24, 2.45) is 5.10 Å². The molecule has 1 aromatic heterocycles. The molecule has 1 unspecified atom stereocenters. The summed E-state index contributed by atoms with van der Waals surface area (Å²) in [6, 6.07) is 13.5. The summed E-state index contributed by atoms with van der Waals surface area (Å²) in [7, 11) is 3.87. The molecule has 0 aliphatic carbocycles. The van der Waals surface area contributed by atoms with Gasteiger partial charge in [-0.25, -0.2) is 14.4 Å². The van der Waals surface area contributed by atoms with Crippen molar-refractivity contribution in [2.75, 3.05) is 19.0 Å². The number of hydrazone groups is 1. The van der Waals surface area contributed by atoms with Crippen molar-refractivity contribution in [1.82, 2.24) is 14.6 Å². The van der Waals surface area contributed by atoms with E-state index in [1.165, 1.54) is 11.1 Å². The van der Waals surface area contributed by atoms with Gasteiger partial charge in [-0.05, 0) is 35.9 Å². The van der Waals surface area contributed by atoms with Crippen LogP contribution >= 0.6 is 11.6 Å². The fourth-order valence-electron chi connectivity index (χ4n) is 3.95. The Morgan fingerprint density at radius 3 is 2.53 bits per heavy atom. The van der Waals surface area contributed by atoms with Gasteiger partial charge in [-0.3, -0.25) is 14.6 Å². The Balaban J connectivity index is 1.81. The maximum absolute atomic E-state index is 12.8. The van der Waals surface area contributed by atoms with Crippen LogP contribution in [0.2, 0.25) is 5.02 Å². The first-order valence-electron chi connectivity index (χ1n) is 10.7. The number of benzene rings is 2. The summed E-state index contributed by atoms with van der Waals surface area (Å²) in [4.78, 5) is 42.2. The molecule has 0 saturated heterocycles. The van der Waals surface area contributed by atoms with Crippen LogP contribution in [0.15, 0.2) is 63.2 Å². The summed E-state index contributed by atoms with van der Waals surface area (Å²) >= 11 is 6.05. The first-order valence-corrected chi connectivity index (χ1v) is 11.1. The lowest BCUT2D eigenvalue weighted by Crippen LogP contribution is -2.33. The minimum atomic E-state index is -0.815. The fraction of sp³-hybridized carbons (Fsp3) is 0.250. The monoisotopic (exact) mass is 481 g/mol. The zero-order chi connectivity index (χ0) is 24.6. The summed E-state index contributed by atoms with van der Waals surface area (Å²) in [6.07, 6.45) is 0.408. The number of carbonyl (C=O) groups excluding carboxylic acids is 1. The lowest BCUT2D eigenvalue weighted by molar-refractivity contribution is -0.132. The predicted molar refractivity (Wildman–Crippen MR) is 131 cm³/mol. The van der Waals surface area contributed by atoms with E-state index in [0.29, 0.717) is 5.02 Å². The SMILES string of the molecule is CCC(=O)N1N=C(c2c(O)n(-c3cccc(Cl)c3)c(=O)[nH]c2=O)CC1c1ccc(N(C)C)cc1. The molecule has 9 nitrogen and oxygen atoms in total. The van der Waals surface area contributed by atoms with Crippen molar-refractivity contribution < 1.29 is 9.90 Å². The third-order valence-electron chi connectivity index (χ3n) is 5.70. The van der Waals surface area contributed by atoms with Crippen LogP contribution in [-0.4, -0.2) is 45.4 Å². The molecule has 0 bridgehead atoms. The number of rotatable bonds is 5. The van der Waals surface area contributed by atoms with Crippen LogP contribution in [0.3, 0.4) is 0 Å². The van der Waals surface area contributed by atoms with Gasteiger partial charge in [0.1, 0.15) is 5.56 Å². The maximum atomic E-state index is 12.8. The summed E-state index contributed by atoms with van der Waals surface area (Å²) in [5, 5.41) is 17.1. The second kappa shape index (κ2) is 9.18. The minimum Gasteiger partial charge on any atom is -0.493 e. The average Bonchev–Trinajstić information content (AvgIpc) is 3.23. The van der Waals surface area contributed by atoms with E-state index < -0.39 is 23.2 Å². The summed E-state index contributed by atoms with van der Waals surface area (Å²) < 4.78 is 0.955. The Morgan fingerprint density at radius 1 is 1.21 bits per heavy atom. The quantitative estimate of drug-likeness (QED) is 0.582. The van der Waals surface area contributed by atoms with E-state index in [2.05, 4.69) is 10.1 Å². The molecule has 1 aliphatic heterocycles. The molecule has 0 spiro atoms. The maximum Gasteiger partial charge on any atom is 0.335 e. The Morgan fingerprint density at radius 2 is 1.91 bits per heavy atom. The number of aromatic hydroxyl groups is 1. The van der Waals surface area contributed by atoms with E-state index in [1.54, 1.807) is 25.1 Å². The van der Waals surface area contributed by atoms with Crippen molar-refractivity contribution in [3.63, 3.8) is 0 Å². The summed E-state index contributed by atoms with van der Waals surface area (Å²) in [5.74, 6) is -0.793. The average molecular weight is 482 g/mol. The highest BCUT2D eigenvalue weighted by molar-refractivity contribution is 6.30. The number of hydrogen-bond acceptors (Lipinski definition) is 6. The highest BCUT2D eigenvalue weighted by Crippen LogP contribution is 2.35. The molecular weight excluding hydrogens is 458 g/mol. The summed E-state index contributed by atoms with van der Waals surface area (Å²) in [5.41, 5.74) is 0.558. The van der Waals surface area contributed by atoms with Gasteiger partial charge in [-0.15, -0.1) is 0 Å². The molecule has 1 atom stereocenters. The molecule has 1 amide bonds. The second-order valence-electron chi connectivity index (χ2n) is 8.12. The predicted octanol–water partition coefficient (Wildman–Crippen LogP) is 3.04. The van der Waals surface area contributed by atoms with Crippen LogP contribution in [0.4, 0.5) is 5.69 Å². The van der Waals surface area contributed by atoms with E-state index in [1.807, 2.05) is 43.3 Å². The van der Waals surface area contributed by atoms with Crippen molar-refractivity contribution in [3.05, 3.63) is 85.5 Å². The third kappa shape index (κ3) is 4.22. The molecule has 3 aromatic rings. The number of aromatic nitrogens is 2. The molecule has 2 N–H and O–H groups in total. The standard InChI is InChI=1S/C24H24ClN5O4/c1-4-20(31)30-19(14-8-10-16(11-9-14)28(2)3)13-18(27-30)21-22(32)26-24(34)29(23(21)33)17-7-5-6-15(25)12-17/h5-12,19,33H,4,13H2,1-3H3,(H,26,32,34). The molecule has 0 radical (unpaired) electrons. The van der Waals surface area contributed by atoms with Gasteiger partial charge >= 0.3 is 5.69 Å². The van der Waals surface area contributed by atoms with E-state index >= 15 is 0 Å². The summed E-state index contributed by atoms with van der Waals surface area (Å²) in [6.45, 7) is 1.73. The van der Waals surface area contributed by atoms with Gasteiger partial charge in [0.25, 0.3) is 5.56 Å². The number of halogens is 1. The molecule has 1 aliphatic rings. The topological polar surface area (TPSA) is 111 Å². The lowest BCUT2D eigenvalue weighted by atomic mass is 9.98. The van der Waals surface area contributed by atoms with Gasteiger partial charge in [0.15, 0.2) is 0 Å². The van der Waals surface area contributed by atoms with Gasteiger partial charge in [-0.1, -0.05) is 36.7 Å². The Labute approximate surface area is 200 Å².